The van der Waals surface area contributed by atoms with Crippen molar-refractivity contribution in [2.75, 3.05) is 7.05 Å². The van der Waals surface area contributed by atoms with Gasteiger partial charge in [0.05, 0.1) is 11.3 Å². The number of amides is 1. The Morgan fingerprint density at radius 2 is 1.79 bits per heavy atom. The number of primary sulfonamides is 1. The van der Waals surface area contributed by atoms with Gasteiger partial charge in [-0.05, 0) is 48.5 Å². The number of benzene rings is 2. The number of oxazole rings is 1. The molecule has 0 bridgehead atoms. The van der Waals surface area contributed by atoms with Crippen LogP contribution in [0.3, 0.4) is 0 Å². The zero-order valence-electron chi connectivity index (χ0n) is 17.1. The first-order valence-corrected chi connectivity index (χ1v) is 10.9. The Morgan fingerprint density at radius 3 is 2.39 bits per heavy atom. The Morgan fingerprint density at radius 1 is 1.15 bits per heavy atom. The van der Waals surface area contributed by atoms with E-state index in [2.05, 4.69) is 20.4 Å². The van der Waals surface area contributed by atoms with Crippen molar-refractivity contribution in [3.05, 3.63) is 60.0 Å². The zero-order valence-corrected chi connectivity index (χ0v) is 17.9. The first-order chi connectivity index (χ1) is 15.6. The van der Waals surface area contributed by atoms with E-state index in [1.807, 2.05) is 0 Å². The fourth-order valence-electron chi connectivity index (χ4n) is 3.02. The summed E-state index contributed by atoms with van der Waals surface area (Å²) in [4.78, 5) is 16.3. The molecular weight excluding hydrogens is 455 g/mol. The quantitative estimate of drug-likeness (QED) is 0.283. The highest BCUT2D eigenvalue weighted by Gasteiger charge is 2.24. The molecule has 33 heavy (non-hydrogen) atoms. The van der Waals surface area contributed by atoms with Crippen molar-refractivity contribution in [1.29, 1.82) is 0 Å². The van der Waals surface area contributed by atoms with E-state index in [-0.39, 0.29) is 34.4 Å². The lowest BCUT2D eigenvalue weighted by atomic mass is 10.1. The summed E-state index contributed by atoms with van der Waals surface area (Å²) in [6.45, 7) is 0. The summed E-state index contributed by atoms with van der Waals surface area (Å²) < 4.78 is 42.6. The predicted molar refractivity (Wildman–Crippen MR) is 112 cm³/mol. The maximum atomic E-state index is 13.5. The second kappa shape index (κ2) is 8.54. The highest BCUT2D eigenvalue weighted by molar-refractivity contribution is 7.89. The van der Waals surface area contributed by atoms with Gasteiger partial charge >= 0.3 is 0 Å². The van der Waals surface area contributed by atoms with E-state index in [4.69, 9.17) is 9.56 Å². The standard InChI is InChI=1S/C20H17FN6O5S/c1-27(29)16(28)10-15-18(25-26-24-15)20-23-17(11-2-6-13(21)7-3-11)19(32-20)12-4-8-14(9-5-12)33(22,30)31/h2-9,29H,10H2,1H3,(H2,22,30,31)(H,24,25,26). The Hall–Kier alpha value is -3.94. The maximum Gasteiger partial charge on any atom is 0.251 e. The third-order valence-corrected chi connectivity index (χ3v) is 5.63. The molecule has 2 aromatic carbocycles. The number of aromatic nitrogens is 4. The van der Waals surface area contributed by atoms with E-state index in [1.165, 1.54) is 55.6 Å². The maximum absolute atomic E-state index is 13.5. The minimum Gasteiger partial charge on any atom is -0.434 e. The van der Waals surface area contributed by atoms with Gasteiger partial charge in [-0.3, -0.25) is 15.1 Å². The molecule has 0 spiro atoms. The van der Waals surface area contributed by atoms with Crippen molar-refractivity contribution in [3.63, 3.8) is 0 Å². The minimum absolute atomic E-state index is 0.0354. The number of halogens is 1. The van der Waals surface area contributed by atoms with Crippen LogP contribution >= 0.6 is 0 Å². The summed E-state index contributed by atoms with van der Waals surface area (Å²) in [6.07, 6.45) is -0.272. The van der Waals surface area contributed by atoms with Crippen LogP contribution in [0.25, 0.3) is 34.2 Å². The second-order valence-electron chi connectivity index (χ2n) is 7.00. The number of nitrogens with one attached hydrogen (secondary N) is 1. The smallest absolute Gasteiger partial charge is 0.251 e. The lowest BCUT2D eigenvalue weighted by molar-refractivity contribution is -0.158. The third-order valence-electron chi connectivity index (χ3n) is 4.70. The van der Waals surface area contributed by atoms with Gasteiger partial charge in [0, 0.05) is 18.2 Å². The number of hydrogen-bond donors (Lipinski definition) is 3. The van der Waals surface area contributed by atoms with Crippen LogP contribution in [0.5, 0.6) is 0 Å². The van der Waals surface area contributed by atoms with Crippen molar-refractivity contribution < 1.29 is 27.2 Å². The Kier molecular flexibility index (Phi) is 5.76. The van der Waals surface area contributed by atoms with Crippen LogP contribution in [0.2, 0.25) is 0 Å². The van der Waals surface area contributed by atoms with E-state index >= 15 is 0 Å². The number of rotatable bonds is 6. The molecule has 0 aliphatic carbocycles. The number of nitrogens with two attached hydrogens (primary N) is 1. The van der Waals surface area contributed by atoms with E-state index in [9.17, 15) is 22.8 Å². The van der Waals surface area contributed by atoms with Crippen LogP contribution in [-0.4, -0.2) is 52.0 Å². The van der Waals surface area contributed by atoms with Gasteiger partial charge < -0.3 is 4.42 Å². The molecule has 4 aromatic rings. The summed E-state index contributed by atoms with van der Waals surface area (Å²) in [7, 11) is -2.71. The van der Waals surface area contributed by atoms with Crippen LogP contribution in [0.15, 0.2) is 57.8 Å². The number of likely N-dealkylation sites (N-methyl/N-ethyl adjacent to an activating group) is 1. The average molecular weight is 472 g/mol. The third kappa shape index (κ3) is 4.64. The summed E-state index contributed by atoms with van der Waals surface area (Å²) >= 11 is 0. The van der Waals surface area contributed by atoms with Crippen LogP contribution < -0.4 is 5.14 Å². The van der Waals surface area contributed by atoms with E-state index in [1.54, 1.807) is 0 Å². The van der Waals surface area contributed by atoms with Crippen molar-refractivity contribution in [1.82, 2.24) is 25.5 Å². The topological polar surface area (TPSA) is 168 Å². The van der Waals surface area contributed by atoms with Gasteiger partial charge in [-0.15, -0.1) is 5.10 Å². The van der Waals surface area contributed by atoms with E-state index in [0.717, 1.165) is 0 Å². The molecule has 2 aromatic heterocycles. The largest absolute Gasteiger partial charge is 0.434 e. The van der Waals surface area contributed by atoms with Gasteiger partial charge in [-0.25, -0.2) is 28.0 Å². The summed E-state index contributed by atoms with van der Waals surface area (Å²) in [6, 6.07) is 11.2. The molecule has 13 heteroatoms. The fourth-order valence-corrected chi connectivity index (χ4v) is 3.54. The first kappa shape index (κ1) is 22.3. The van der Waals surface area contributed by atoms with Gasteiger partial charge in [0.1, 0.15) is 22.9 Å². The highest BCUT2D eigenvalue weighted by Crippen LogP contribution is 2.36. The van der Waals surface area contributed by atoms with Crippen LogP contribution in [0, 0.1) is 5.82 Å². The van der Waals surface area contributed by atoms with Crippen molar-refractivity contribution >= 4 is 15.9 Å². The molecule has 0 atom stereocenters. The Balaban J connectivity index is 1.83. The normalized spacial score (nSPS) is 11.5. The van der Waals surface area contributed by atoms with Crippen molar-refractivity contribution in [2.45, 2.75) is 11.3 Å². The molecule has 0 unspecified atom stereocenters. The molecule has 170 valence electrons. The van der Waals surface area contributed by atoms with Gasteiger partial charge in [0.25, 0.3) is 5.91 Å². The first-order valence-electron chi connectivity index (χ1n) is 9.39. The van der Waals surface area contributed by atoms with Gasteiger partial charge in [0.15, 0.2) is 5.76 Å². The molecular formula is C20H17FN6O5S. The molecule has 0 aliphatic heterocycles. The number of sulfonamides is 1. The number of H-pyrrole nitrogens is 1. The highest BCUT2D eigenvalue weighted by atomic mass is 32.2. The van der Waals surface area contributed by atoms with Crippen LogP contribution in [0.4, 0.5) is 4.39 Å². The average Bonchev–Trinajstić information content (AvgIpc) is 3.40. The molecule has 1 amide bonds. The summed E-state index contributed by atoms with van der Waals surface area (Å²) in [5.74, 6) is -0.778. The zero-order chi connectivity index (χ0) is 23.8. The molecule has 0 saturated heterocycles. The lowest BCUT2D eigenvalue weighted by Gasteiger charge is -2.06. The molecule has 0 radical (unpaired) electrons. The monoisotopic (exact) mass is 472 g/mol. The number of aromatic amines is 1. The molecule has 2 heterocycles. The Labute approximate surface area is 186 Å². The van der Waals surface area contributed by atoms with Crippen molar-refractivity contribution in [3.8, 4) is 34.2 Å². The number of hydrogen-bond acceptors (Lipinski definition) is 8. The number of carbonyl (C=O) groups is 1. The minimum atomic E-state index is -3.89. The summed E-state index contributed by atoms with van der Waals surface area (Å²) in [5.41, 5.74) is 1.72. The van der Waals surface area contributed by atoms with E-state index in [0.29, 0.717) is 21.9 Å². The molecule has 0 aliphatic rings. The van der Waals surface area contributed by atoms with Gasteiger partial charge in [0.2, 0.25) is 15.9 Å². The fraction of sp³-hybridized carbons (Fsp3) is 0.100. The molecule has 0 saturated carbocycles. The Bertz CT molecular complexity index is 1410. The van der Waals surface area contributed by atoms with Crippen molar-refractivity contribution in [2.24, 2.45) is 5.14 Å². The molecule has 11 nitrogen and oxygen atoms in total. The van der Waals surface area contributed by atoms with Crippen LogP contribution in [0.1, 0.15) is 5.69 Å². The van der Waals surface area contributed by atoms with E-state index < -0.39 is 21.7 Å². The molecule has 4 rings (SSSR count). The lowest BCUT2D eigenvalue weighted by Crippen LogP contribution is -2.24. The van der Waals surface area contributed by atoms with Gasteiger partial charge in [-0.2, -0.15) is 0 Å². The molecule has 4 N–H and O–H groups in total. The van der Waals surface area contributed by atoms with Crippen LogP contribution in [-0.2, 0) is 21.2 Å². The molecule has 0 fully saturated rings. The SMILES string of the molecule is CN(O)C(=O)Cc1nn[nH]c1-c1nc(-c2ccc(F)cc2)c(-c2ccc(S(N)(=O)=O)cc2)o1. The number of hydroxylamine groups is 2. The van der Waals surface area contributed by atoms with Gasteiger partial charge in [-0.1, -0.05) is 5.21 Å². The predicted octanol–water partition coefficient (Wildman–Crippen LogP) is 1.97. The number of nitrogens with zero attached hydrogens (tertiary/aromatic N) is 4. The number of carbonyl (C=O) groups excluding carboxylic acids is 1. The summed E-state index contributed by atoms with van der Waals surface area (Å²) in [5, 5.41) is 25.1. The second-order valence-corrected chi connectivity index (χ2v) is 8.56.